The summed E-state index contributed by atoms with van der Waals surface area (Å²) in [5.41, 5.74) is 3.09. The Labute approximate surface area is 287 Å². The second-order valence-electron chi connectivity index (χ2n) is 11.7. The molecular formula is C28H44ClN2NaO6S2Si2. The van der Waals surface area contributed by atoms with Crippen molar-refractivity contribution in [3.05, 3.63) is 46.4 Å². The van der Waals surface area contributed by atoms with Gasteiger partial charge in [-0.25, -0.2) is 9.59 Å². The number of aromatic nitrogens is 2. The number of fused-ring (bicyclic) bond motifs is 2. The van der Waals surface area contributed by atoms with E-state index >= 15 is 0 Å². The molecule has 42 heavy (non-hydrogen) atoms. The van der Waals surface area contributed by atoms with Gasteiger partial charge in [-0.1, -0.05) is 50.9 Å². The van der Waals surface area contributed by atoms with Crippen molar-refractivity contribution < 1.29 is 59.5 Å². The zero-order chi connectivity index (χ0) is 30.6. The molecule has 0 aliphatic rings. The van der Waals surface area contributed by atoms with Gasteiger partial charge in [0.05, 0.1) is 34.7 Å². The van der Waals surface area contributed by atoms with Gasteiger partial charge in [-0.15, -0.1) is 22.7 Å². The van der Waals surface area contributed by atoms with Crippen LogP contribution in [0, 0.1) is 0 Å². The average molecular weight is 683 g/mol. The number of alkyl halides is 1. The van der Waals surface area contributed by atoms with Crippen LogP contribution in [0.25, 0.3) is 20.4 Å². The molecule has 0 aliphatic carbocycles. The summed E-state index contributed by atoms with van der Waals surface area (Å²) < 4.78 is 24.2. The number of nitrogens with one attached hydrogen (secondary N) is 1. The molecule has 0 fully saturated rings. The number of carbonyl (C=O) groups excluding carboxylic acids is 2. The van der Waals surface area contributed by atoms with E-state index in [4.69, 9.17) is 25.8 Å². The van der Waals surface area contributed by atoms with Crippen molar-refractivity contribution >= 4 is 82.8 Å². The Balaban J connectivity index is 0.000000658. The number of methoxy groups -OCH3 is 2. The monoisotopic (exact) mass is 682 g/mol. The maximum Gasteiger partial charge on any atom is 1.00 e. The SMILES string of the molecule is COC(=O)c1cc2sccc2[nH]1.COC(=O)c1cc2sccc2n1COCC[Si](C)(C)C.C[Si](C)(C)CCOCCl.[H-].[Na+]. The number of thiophene rings is 2. The molecule has 0 saturated carbocycles. The first-order valence-electron chi connectivity index (χ1n) is 13.3. The number of halogens is 1. The zero-order valence-electron chi connectivity index (χ0n) is 27.3. The first-order chi connectivity index (χ1) is 19.3. The van der Waals surface area contributed by atoms with E-state index in [1.807, 2.05) is 33.5 Å². The van der Waals surface area contributed by atoms with Crippen LogP contribution in [0.4, 0.5) is 0 Å². The summed E-state index contributed by atoms with van der Waals surface area (Å²) in [5, 5.41) is 3.99. The number of aromatic amines is 1. The summed E-state index contributed by atoms with van der Waals surface area (Å²) in [6.45, 7) is 15.9. The fourth-order valence-corrected chi connectivity index (χ4v) is 6.65. The summed E-state index contributed by atoms with van der Waals surface area (Å²) in [6, 6.07) is 10.3. The Bertz CT molecular complexity index is 1350. The largest absolute Gasteiger partial charge is 1.00 e. The minimum absolute atomic E-state index is 0. The molecule has 0 radical (unpaired) electrons. The summed E-state index contributed by atoms with van der Waals surface area (Å²) in [6.07, 6.45) is 0. The van der Waals surface area contributed by atoms with Crippen LogP contribution in [0.5, 0.6) is 0 Å². The first-order valence-corrected chi connectivity index (χ1v) is 23.0. The van der Waals surface area contributed by atoms with Crippen LogP contribution in [-0.2, 0) is 25.7 Å². The summed E-state index contributed by atoms with van der Waals surface area (Å²) >= 11 is 8.54. The fraction of sp³-hybridized carbons (Fsp3) is 0.500. The Hall–Kier alpha value is -0.936. The summed E-state index contributed by atoms with van der Waals surface area (Å²) in [5.74, 6) is -0.638. The van der Waals surface area contributed by atoms with Crippen LogP contribution < -0.4 is 29.6 Å². The number of hydrogen-bond donors (Lipinski definition) is 1. The molecule has 0 unspecified atom stereocenters. The molecule has 0 atom stereocenters. The quantitative estimate of drug-likeness (QED) is 0.0977. The number of rotatable bonds is 11. The molecule has 14 heteroatoms. The molecule has 0 aliphatic heterocycles. The van der Waals surface area contributed by atoms with Crippen molar-refractivity contribution in [2.45, 2.75) is 58.1 Å². The smallest absolute Gasteiger partial charge is 1.00 e. The van der Waals surface area contributed by atoms with E-state index < -0.39 is 16.1 Å². The van der Waals surface area contributed by atoms with Gasteiger partial charge < -0.3 is 29.9 Å². The topological polar surface area (TPSA) is 91.8 Å². The number of ether oxygens (including phenoxy) is 4. The van der Waals surface area contributed by atoms with Crippen molar-refractivity contribution in [1.29, 1.82) is 0 Å². The fourth-order valence-electron chi connectivity index (χ4n) is 3.43. The molecular weight excluding hydrogens is 639 g/mol. The van der Waals surface area contributed by atoms with Crippen LogP contribution in [0.2, 0.25) is 51.4 Å². The molecule has 8 nitrogen and oxygen atoms in total. The predicted octanol–water partition coefficient (Wildman–Crippen LogP) is 5.47. The second-order valence-corrected chi connectivity index (χ2v) is 25.0. The number of hydrogen-bond acceptors (Lipinski definition) is 8. The summed E-state index contributed by atoms with van der Waals surface area (Å²) in [4.78, 5) is 25.8. The van der Waals surface area contributed by atoms with E-state index in [-0.39, 0.29) is 42.9 Å². The van der Waals surface area contributed by atoms with E-state index in [0.29, 0.717) is 24.2 Å². The van der Waals surface area contributed by atoms with Crippen LogP contribution in [0.3, 0.4) is 0 Å². The zero-order valence-corrected chi connectivity index (χ0v) is 32.7. The van der Waals surface area contributed by atoms with Crippen LogP contribution in [0.1, 0.15) is 22.4 Å². The molecule has 1 N–H and O–H groups in total. The van der Waals surface area contributed by atoms with Crippen molar-refractivity contribution in [3.63, 3.8) is 0 Å². The van der Waals surface area contributed by atoms with Gasteiger partial charge in [0.25, 0.3) is 0 Å². The number of nitrogens with zero attached hydrogens (tertiary/aromatic N) is 1. The molecule has 4 aromatic heterocycles. The second kappa shape index (κ2) is 18.8. The minimum atomic E-state index is -1.09. The van der Waals surface area contributed by atoms with Crippen molar-refractivity contribution in [3.8, 4) is 0 Å². The number of carbonyl (C=O) groups is 2. The van der Waals surface area contributed by atoms with Crippen LogP contribution in [-0.4, -0.2) is 71.1 Å². The predicted molar refractivity (Wildman–Crippen MR) is 179 cm³/mol. The van der Waals surface area contributed by atoms with Crippen molar-refractivity contribution in [1.82, 2.24) is 9.55 Å². The van der Waals surface area contributed by atoms with Gasteiger partial charge in [-0.05, 0) is 47.1 Å². The van der Waals surface area contributed by atoms with Crippen molar-refractivity contribution in [2.24, 2.45) is 0 Å². The van der Waals surface area contributed by atoms with E-state index in [2.05, 4.69) is 49.0 Å². The van der Waals surface area contributed by atoms with Gasteiger partial charge in [0, 0.05) is 29.4 Å². The summed E-state index contributed by atoms with van der Waals surface area (Å²) in [7, 11) is 0.811. The maximum atomic E-state index is 11.8. The molecule has 4 rings (SSSR count). The molecule has 0 aromatic carbocycles. The first kappa shape index (κ1) is 39.1. The molecule has 0 amide bonds. The molecule has 0 bridgehead atoms. The van der Waals surface area contributed by atoms with Gasteiger partial charge in [-0.2, -0.15) is 0 Å². The Kier molecular flexibility index (Phi) is 17.5. The molecule has 4 aromatic rings. The van der Waals surface area contributed by atoms with E-state index in [0.717, 1.165) is 39.7 Å². The number of esters is 2. The van der Waals surface area contributed by atoms with Gasteiger partial charge in [0.1, 0.15) is 24.2 Å². The molecule has 4 heterocycles. The minimum Gasteiger partial charge on any atom is -1.00 e. The molecule has 230 valence electrons. The van der Waals surface area contributed by atoms with Gasteiger partial charge >= 0.3 is 41.5 Å². The van der Waals surface area contributed by atoms with E-state index in [1.54, 1.807) is 28.7 Å². The van der Waals surface area contributed by atoms with E-state index in [9.17, 15) is 9.59 Å². The Morgan fingerprint density at radius 1 is 0.881 bits per heavy atom. The van der Waals surface area contributed by atoms with E-state index in [1.165, 1.54) is 20.3 Å². The van der Waals surface area contributed by atoms with Gasteiger partial charge in [-0.3, -0.25) is 0 Å². The Morgan fingerprint density at radius 3 is 2.00 bits per heavy atom. The number of H-pyrrole nitrogens is 1. The normalized spacial score (nSPS) is 11.3. The Morgan fingerprint density at radius 2 is 1.45 bits per heavy atom. The third-order valence-electron chi connectivity index (χ3n) is 5.85. The van der Waals surface area contributed by atoms with Crippen LogP contribution in [0.15, 0.2) is 35.0 Å². The van der Waals surface area contributed by atoms with Gasteiger partial charge in [0.15, 0.2) is 0 Å². The third-order valence-corrected chi connectivity index (χ3v) is 11.1. The average Bonchev–Trinajstić information content (AvgIpc) is 3.67. The maximum absolute atomic E-state index is 11.8. The standard InChI is InChI=1S/C14H21NO3SSi.C8H7NO2S.C6H15ClOSi.Na.H/c1-17-14(16)12-9-13-11(5-7-19-13)15(12)10-18-6-8-20(2,3)4;1-11-8(10)6-4-7-5(9-6)2-3-12-7;1-9(2,3)5-4-8-6-7;;/h5,7,9H,6,8,10H2,1-4H3;2-4,9H,1H3;4-6H2,1-3H3;;/q;;;+1;-1. The van der Waals surface area contributed by atoms with Crippen molar-refractivity contribution in [2.75, 3.05) is 33.5 Å². The van der Waals surface area contributed by atoms with Gasteiger partial charge in [0.2, 0.25) is 0 Å². The molecule has 0 saturated heterocycles. The third kappa shape index (κ3) is 13.4. The molecule has 0 spiro atoms. The van der Waals surface area contributed by atoms with Crippen LogP contribution >= 0.6 is 34.3 Å².